The van der Waals surface area contributed by atoms with Crippen LogP contribution in [-0.2, 0) is 21.8 Å². The molecule has 4 aromatic rings. The molecule has 0 aliphatic carbocycles. The fourth-order valence-corrected chi connectivity index (χ4v) is 7.46. The maximum atomic E-state index is 6.83. The number of rotatable bonds is 11. The van der Waals surface area contributed by atoms with Crippen molar-refractivity contribution in [1.29, 1.82) is 0 Å². The van der Waals surface area contributed by atoms with Crippen molar-refractivity contribution < 1.29 is 14.2 Å². The molecule has 0 saturated carbocycles. The molecular formula is C36H41Cl2N8O3P. The van der Waals surface area contributed by atoms with E-state index in [1.54, 1.807) is 12.4 Å². The van der Waals surface area contributed by atoms with Gasteiger partial charge in [0.25, 0.3) is 0 Å². The Balaban J connectivity index is 0.933. The van der Waals surface area contributed by atoms with Gasteiger partial charge in [0.15, 0.2) is 0 Å². The summed E-state index contributed by atoms with van der Waals surface area (Å²) in [6.45, 7) is 12.9. The molecule has 3 aliphatic rings. The van der Waals surface area contributed by atoms with Crippen LogP contribution in [0.5, 0.6) is 5.75 Å². The first-order valence-electron chi connectivity index (χ1n) is 16.8. The molecule has 0 N–H and O–H groups in total. The fourth-order valence-electron chi connectivity index (χ4n) is 6.47. The second-order valence-electron chi connectivity index (χ2n) is 12.6. The third-order valence-corrected chi connectivity index (χ3v) is 10.4. The molecule has 2 fully saturated rings. The van der Waals surface area contributed by atoms with Crippen LogP contribution in [0, 0.1) is 0 Å². The van der Waals surface area contributed by atoms with E-state index in [-0.39, 0.29) is 19.3 Å². The summed E-state index contributed by atoms with van der Waals surface area (Å²) < 4.78 is 19.0. The van der Waals surface area contributed by atoms with Crippen molar-refractivity contribution in [3.63, 3.8) is 0 Å². The van der Waals surface area contributed by atoms with Crippen molar-refractivity contribution in [2.24, 2.45) is 5.10 Å². The number of hydrogen-bond acceptors (Lipinski definition) is 10. The highest BCUT2D eigenvalue weighted by Crippen LogP contribution is 2.40. The zero-order chi connectivity index (χ0) is 34.8. The van der Waals surface area contributed by atoms with Gasteiger partial charge in [-0.05, 0) is 61.1 Å². The third kappa shape index (κ3) is 7.16. The van der Waals surface area contributed by atoms with E-state index in [0.717, 1.165) is 55.1 Å². The zero-order valence-corrected chi connectivity index (χ0v) is 30.8. The molecule has 2 saturated heterocycles. The highest BCUT2D eigenvalue weighted by atomic mass is 35.5. The number of nitrogens with zero attached hydrogens (tertiary/aromatic N) is 8. The van der Waals surface area contributed by atoms with Crippen molar-refractivity contribution >= 4 is 61.1 Å². The standard InChI is InChI=1S/C36H41Cl2N8O3P/c1-4-25(2)46-26(3)44(24-41-46)28-7-5-27(6-8-28)42-15-17-43(18-16-42)35-12-9-29(19-34(35)38)47-21-30-22-48-36(49-30,23-45-39-13-14-40-45)32-11-10-31(50)20-33(32)37/h5-14,19-20,24-25,30H,3-4,15-18,21-23,50H2,1-2H3. The van der Waals surface area contributed by atoms with Crippen LogP contribution in [0.2, 0.25) is 10.0 Å². The summed E-state index contributed by atoms with van der Waals surface area (Å²) in [5, 5.41) is 17.2. The molecular weight excluding hydrogens is 694 g/mol. The minimum Gasteiger partial charge on any atom is -0.491 e. The molecule has 0 spiro atoms. The summed E-state index contributed by atoms with van der Waals surface area (Å²) in [6.07, 6.45) is 5.73. The van der Waals surface area contributed by atoms with Gasteiger partial charge < -0.3 is 24.0 Å². The Morgan fingerprint density at radius 1 is 0.960 bits per heavy atom. The van der Waals surface area contributed by atoms with E-state index in [1.807, 2.05) is 52.6 Å². The predicted molar refractivity (Wildman–Crippen MR) is 203 cm³/mol. The summed E-state index contributed by atoms with van der Waals surface area (Å²) in [5.74, 6) is 0.385. The highest BCUT2D eigenvalue weighted by molar-refractivity contribution is 7.27. The summed E-state index contributed by atoms with van der Waals surface area (Å²) in [6, 6.07) is 20.5. The SMILES string of the molecule is C=C1N(c2ccc(N3CCN(c4ccc(OCC5COC(Cn6nccn6)(c6ccc(P)cc6Cl)O5)cc4Cl)CC3)cc2)C=NN1C(C)CC. The largest absolute Gasteiger partial charge is 0.491 e. The number of halogens is 2. The molecule has 4 unspecified atom stereocenters. The van der Waals surface area contributed by atoms with Gasteiger partial charge in [-0.2, -0.15) is 20.1 Å². The average molecular weight is 736 g/mol. The molecule has 4 heterocycles. The first-order chi connectivity index (χ1) is 24.2. The van der Waals surface area contributed by atoms with E-state index in [4.69, 9.17) is 37.4 Å². The van der Waals surface area contributed by atoms with Crippen molar-refractivity contribution in [2.75, 3.05) is 54.1 Å². The molecule has 14 heteroatoms. The minimum atomic E-state index is -1.15. The van der Waals surface area contributed by atoms with Gasteiger partial charge in [-0.1, -0.05) is 48.8 Å². The van der Waals surface area contributed by atoms with E-state index in [2.05, 4.69) is 79.0 Å². The van der Waals surface area contributed by atoms with Crippen LogP contribution in [0.25, 0.3) is 0 Å². The van der Waals surface area contributed by atoms with Crippen molar-refractivity contribution in [3.05, 3.63) is 101 Å². The lowest BCUT2D eigenvalue weighted by Gasteiger charge is -2.38. The summed E-state index contributed by atoms with van der Waals surface area (Å²) in [5.41, 5.74) is 3.95. The first kappa shape index (κ1) is 34.6. The second kappa shape index (κ2) is 14.8. The molecule has 0 radical (unpaired) electrons. The van der Waals surface area contributed by atoms with E-state index < -0.39 is 5.79 Å². The van der Waals surface area contributed by atoms with Crippen molar-refractivity contribution in [3.8, 4) is 5.75 Å². The van der Waals surface area contributed by atoms with Crippen LogP contribution in [0.1, 0.15) is 25.8 Å². The number of hydrogen-bond donors (Lipinski definition) is 0. The number of aromatic nitrogens is 3. The van der Waals surface area contributed by atoms with Crippen LogP contribution >= 0.6 is 32.4 Å². The van der Waals surface area contributed by atoms with E-state index in [9.17, 15) is 0 Å². The van der Waals surface area contributed by atoms with Gasteiger partial charge in [0, 0.05) is 54.2 Å². The predicted octanol–water partition coefficient (Wildman–Crippen LogP) is 6.09. The molecule has 50 heavy (non-hydrogen) atoms. The maximum absolute atomic E-state index is 6.83. The summed E-state index contributed by atoms with van der Waals surface area (Å²) in [4.78, 5) is 8.29. The number of hydrazone groups is 1. The smallest absolute Gasteiger partial charge is 0.219 e. The lowest BCUT2D eigenvalue weighted by Crippen LogP contribution is -2.46. The molecule has 0 amide bonds. The quantitative estimate of drug-likeness (QED) is 0.170. The summed E-state index contributed by atoms with van der Waals surface area (Å²) >= 11 is 13.5. The van der Waals surface area contributed by atoms with Gasteiger partial charge in [0.1, 0.15) is 37.2 Å². The average Bonchev–Trinajstić information content (AvgIpc) is 3.88. The van der Waals surface area contributed by atoms with E-state index in [1.165, 1.54) is 10.5 Å². The lowest BCUT2D eigenvalue weighted by molar-refractivity contribution is -0.192. The number of piperazine rings is 1. The topological polar surface area (TPSA) is 83.7 Å². The fraction of sp³-hybridized carbons (Fsp3) is 0.361. The van der Waals surface area contributed by atoms with Crippen molar-refractivity contribution in [1.82, 2.24) is 20.0 Å². The number of ether oxygens (including phenoxy) is 3. The van der Waals surface area contributed by atoms with Gasteiger partial charge in [0.2, 0.25) is 5.79 Å². The zero-order valence-electron chi connectivity index (χ0n) is 28.2. The molecule has 7 rings (SSSR count). The van der Waals surface area contributed by atoms with Gasteiger partial charge in [-0.15, -0.1) is 9.24 Å². The Labute approximate surface area is 305 Å². The first-order valence-corrected chi connectivity index (χ1v) is 18.1. The molecule has 3 aromatic carbocycles. The molecule has 4 atom stereocenters. The maximum Gasteiger partial charge on any atom is 0.219 e. The monoisotopic (exact) mass is 734 g/mol. The van der Waals surface area contributed by atoms with Crippen LogP contribution in [0.4, 0.5) is 17.1 Å². The molecule has 262 valence electrons. The Morgan fingerprint density at radius 3 is 2.38 bits per heavy atom. The van der Waals surface area contributed by atoms with Gasteiger partial charge >= 0.3 is 0 Å². The lowest BCUT2D eigenvalue weighted by atomic mass is 10.1. The molecule has 1 aromatic heterocycles. The Morgan fingerprint density at radius 2 is 1.68 bits per heavy atom. The number of benzene rings is 3. The van der Waals surface area contributed by atoms with Crippen LogP contribution in [-0.4, -0.2) is 77.9 Å². The van der Waals surface area contributed by atoms with Crippen molar-refractivity contribution in [2.45, 2.75) is 44.7 Å². The third-order valence-electron chi connectivity index (χ3n) is 9.39. The normalized spacial score (nSPS) is 21.4. The van der Waals surface area contributed by atoms with E-state index in [0.29, 0.717) is 34.0 Å². The van der Waals surface area contributed by atoms with Gasteiger partial charge in [-0.3, -0.25) is 4.90 Å². The Hall–Kier alpha value is -3.86. The van der Waals surface area contributed by atoms with Crippen LogP contribution < -0.4 is 24.7 Å². The number of anilines is 3. The molecule has 3 aliphatic heterocycles. The van der Waals surface area contributed by atoms with Crippen LogP contribution in [0.3, 0.4) is 0 Å². The van der Waals surface area contributed by atoms with Crippen LogP contribution in [0.15, 0.2) is 90.6 Å². The molecule has 0 bridgehead atoms. The van der Waals surface area contributed by atoms with E-state index >= 15 is 0 Å². The summed E-state index contributed by atoms with van der Waals surface area (Å²) in [7, 11) is 2.65. The highest BCUT2D eigenvalue weighted by Gasteiger charge is 2.46. The Kier molecular flexibility index (Phi) is 10.2. The second-order valence-corrected chi connectivity index (χ2v) is 14.1. The Bertz CT molecular complexity index is 1840. The minimum absolute atomic E-state index is 0.243. The van der Waals surface area contributed by atoms with Gasteiger partial charge in [-0.25, -0.2) is 5.01 Å². The van der Waals surface area contributed by atoms with Gasteiger partial charge in [0.05, 0.1) is 35.8 Å². The molecule has 11 nitrogen and oxygen atoms in total.